The molecule has 0 aliphatic carbocycles. The smallest absolute Gasteiger partial charge is 0.270 e. The molecule has 1 fully saturated rings. The predicted octanol–water partition coefficient (Wildman–Crippen LogP) is 4.33. The number of hydrogen-bond acceptors (Lipinski definition) is 7. The van der Waals surface area contributed by atoms with Crippen molar-refractivity contribution in [2.75, 3.05) is 19.1 Å². The van der Waals surface area contributed by atoms with Crippen molar-refractivity contribution in [2.24, 2.45) is 0 Å². The van der Waals surface area contributed by atoms with E-state index in [9.17, 15) is 24.5 Å². The minimum Gasteiger partial charge on any atom is -0.497 e. The molecule has 3 aromatic carbocycles. The van der Waals surface area contributed by atoms with E-state index in [1.807, 2.05) is 6.92 Å². The molecule has 0 aromatic heterocycles. The highest BCUT2D eigenvalue weighted by Gasteiger charge is 2.58. The standard InChI is InChI=1S/C26H20ClN3O7/c1-13-4-5-14(11-20(13)27)28-22(19-12-16(36-2)7-9-21(19)37-3)23(26(28)33)29-24(31)17-8-6-15(30(34)35)10-18(17)25(29)32/h4-12,22-23H,1-3H3/t22-,23-/m0/s1. The number of hydrogen-bond donors (Lipinski definition) is 0. The van der Waals surface area contributed by atoms with Crippen LogP contribution in [0.4, 0.5) is 11.4 Å². The Kier molecular flexibility index (Phi) is 5.83. The maximum absolute atomic E-state index is 13.7. The summed E-state index contributed by atoms with van der Waals surface area (Å²) >= 11 is 6.34. The number of halogens is 1. The Morgan fingerprint density at radius 2 is 1.59 bits per heavy atom. The van der Waals surface area contributed by atoms with Gasteiger partial charge in [0.2, 0.25) is 0 Å². The van der Waals surface area contributed by atoms with Crippen LogP contribution in [0.1, 0.15) is 37.9 Å². The first-order valence-electron chi connectivity index (χ1n) is 11.2. The highest BCUT2D eigenvalue weighted by atomic mass is 35.5. The molecule has 0 radical (unpaired) electrons. The summed E-state index contributed by atoms with van der Waals surface area (Å²) in [5.41, 5.74) is 1.33. The summed E-state index contributed by atoms with van der Waals surface area (Å²) in [5, 5.41) is 11.7. The predicted molar refractivity (Wildman–Crippen MR) is 133 cm³/mol. The summed E-state index contributed by atoms with van der Waals surface area (Å²) in [7, 11) is 2.96. The molecule has 5 rings (SSSR count). The Labute approximate surface area is 216 Å². The Hall–Kier alpha value is -4.44. The molecule has 2 aliphatic rings. The lowest BCUT2D eigenvalue weighted by Gasteiger charge is -2.50. The molecular formula is C26H20ClN3O7. The van der Waals surface area contributed by atoms with E-state index in [4.69, 9.17) is 21.1 Å². The molecular weight excluding hydrogens is 502 g/mol. The number of amides is 3. The molecule has 2 heterocycles. The summed E-state index contributed by atoms with van der Waals surface area (Å²) in [6.07, 6.45) is 0. The number of carbonyl (C=O) groups is 3. The van der Waals surface area contributed by atoms with Crippen LogP contribution in [0.5, 0.6) is 11.5 Å². The number of non-ortho nitro benzene ring substituents is 1. The van der Waals surface area contributed by atoms with Gasteiger partial charge in [-0.2, -0.15) is 0 Å². The summed E-state index contributed by atoms with van der Waals surface area (Å²) < 4.78 is 10.9. The van der Waals surface area contributed by atoms with Gasteiger partial charge in [0.15, 0.2) is 0 Å². The fourth-order valence-corrected chi connectivity index (χ4v) is 4.91. The number of carbonyl (C=O) groups excluding carboxylic acids is 3. The molecule has 3 amide bonds. The quantitative estimate of drug-likeness (QED) is 0.205. The number of nitro groups is 1. The van der Waals surface area contributed by atoms with E-state index in [0.717, 1.165) is 22.6 Å². The molecule has 0 unspecified atom stereocenters. The molecule has 2 atom stereocenters. The number of ether oxygens (including phenoxy) is 2. The van der Waals surface area contributed by atoms with Gasteiger partial charge in [0, 0.05) is 28.4 Å². The first-order chi connectivity index (χ1) is 17.7. The summed E-state index contributed by atoms with van der Waals surface area (Å²) in [6.45, 7) is 1.83. The van der Waals surface area contributed by atoms with Gasteiger partial charge >= 0.3 is 0 Å². The lowest BCUT2D eigenvalue weighted by Crippen LogP contribution is -2.67. The van der Waals surface area contributed by atoms with Crippen LogP contribution in [0.15, 0.2) is 54.6 Å². The second-order valence-electron chi connectivity index (χ2n) is 8.61. The number of methoxy groups -OCH3 is 2. The van der Waals surface area contributed by atoms with Gasteiger partial charge in [0.1, 0.15) is 17.5 Å². The summed E-state index contributed by atoms with van der Waals surface area (Å²) in [4.78, 5) is 53.3. The molecule has 0 saturated carbocycles. The van der Waals surface area contributed by atoms with Gasteiger partial charge in [-0.15, -0.1) is 0 Å². The SMILES string of the molecule is COc1ccc(OC)c([C@H]2[C@H](N3C(=O)c4ccc([N+](=O)[O-])cc4C3=O)C(=O)N2c2ccc(C)c(Cl)c2)c1. The van der Waals surface area contributed by atoms with E-state index >= 15 is 0 Å². The van der Waals surface area contributed by atoms with Crippen molar-refractivity contribution >= 4 is 40.7 Å². The molecule has 1 saturated heterocycles. The first kappa shape index (κ1) is 24.3. The highest BCUT2D eigenvalue weighted by Crippen LogP contribution is 2.48. The molecule has 0 bridgehead atoms. The van der Waals surface area contributed by atoms with E-state index in [-0.39, 0.29) is 16.8 Å². The number of anilines is 1. The van der Waals surface area contributed by atoms with Crippen molar-refractivity contribution in [1.29, 1.82) is 0 Å². The zero-order valence-corrected chi connectivity index (χ0v) is 20.7. The number of β-lactam (4-membered cyclic amide) rings is 1. The fraction of sp³-hybridized carbons (Fsp3) is 0.192. The van der Waals surface area contributed by atoms with Crippen LogP contribution in [0.25, 0.3) is 0 Å². The number of benzene rings is 3. The van der Waals surface area contributed by atoms with Crippen LogP contribution in [-0.4, -0.2) is 47.8 Å². The van der Waals surface area contributed by atoms with Gasteiger partial charge < -0.3 is 14.4 Å². The number of aryl methyl sites for hydroxylation is 1. The lowest BCUT2D eigenvalue weighted by atomic mass is 9.85. The summed E-state index contributed by atoms with van der Waals surface area (Å²) in [5.74, 6) is -1.11. The highest BCUT2D eigenvalue weighted by molar-refractivity contribution is 6.32. The third kappa shape index (κ3) is 3.68. The van der Waals surface area contributed by atoms with Gasteiger partial charge in [-0.05, 0) is 48.9 Å². The Morgan fingerprint density at radius 3 is 2.24 bits per heavy atom. The van der Waals surface area contributed by atoms with Gasteiger partial charge in [0.25, 0.3) is 23.4 Å². The van der Waals surface area contributed by atoms with E-state index in [2.05, 4.69) is 0 Å². The van der Waals surface area contributed by atoms with E-state index in [1.54, 1.807) is 36.4 Å². The molecule has 11 heteroatoms. The Morgan fingerprint density at radius 1 is 0.865 bits per heavy atom. The van der Waals surface area contributed by atoms with Crippen molar-refractivity contribution in [3.8, 4) is 11.5 Å². The normalized spacial score (nSPS) is 18.5. The minimum atomic E-state index is -1.23. The van der Waals surface area contributed by atoms with Crippen molar-refractivity contribution in [2.45, 2.75) is 19.0 Å². The third-order valence-electron chi connectivity index (χ3n) is 6.65. The average molecular weight is 522 g/mol. The average Bonchev–Trinajstić information content (AvgIpc) is 3.13. The van der Waals surface area contributed by atoms with Crippen molar-refractivity contribution in [3.05, 3.63) is 92.0 Å². The van der Waals surface area contributed by atoms with Gasteiger partial charge in [-0.1, -0.05) is 17.7 Å². The van der Waals surface area contributed by atoms with Crippen molar-refractivity contribution < 1.29 is 28.8 Å². The number of fused-ring (bicyclic) bond motifs is 1. The topological polar surface area (TPSA) is 119 Å². The zero-order valence-electron chi connectivity index (χ0n) is 19.9. The second-order valence-corrected chi connectivity index (χ2v) is 9.01. The monoisotopic (exact) mass is 521 g/mol. The van der Waals surface area contributed by atoms with E-state index in [0.29, 0.717) is 27.8 Å². The summed E-state index contributed by atoms with van der Waals surface area (Å²) in [6, 6.07) is 11.5. The maximum Gasteiger partial charge on any atom is 0.270 e. The number of rotatable bonds is 6. The first-order valence-corrected chi connectivity index (χ1v) is 11.5. The van der Waals surface area contributed by atoms with Crippen LogP contribution in [0, 0.1) is 17.0 Å². The number of nitrogens with zero attached hydrogens (tertiary/aromatic N) is 3. The molecule has 188 valence electrons. The Bertz CT molecular complexity index is 1510. The van der Waals surface area contributed by atoms with Crippen LogP contribution in [-0.2, 0) is 4.79 Å². The fourth-order valence-electron chi connectivity index (χ4n) is 4.74. The second kappa shape index (κ2) is 8.90. The van der Waals surface area contributed by atoms with Crippen LogP contribution < -0.4 is 14.4 Å². The lowest BCUT2D eigenvalue weighted by molar-refractivity contribution is -0.384. The van der Waals surface area contributed by atoms with E-state index in [1.165, 1.54) is 25.2 Å². The van der Waals surface area contributed by atoms with Crippen LogP contribution in [0.3, 0.4) is 0 Å². The van der Waals surface area contributed by atoms with Gasteiger partial charge in [-0.3, -0.25) is 29.4 Å². The molecule has 0 N–H and O–H groups in total. The van der Waals surface area contributed by atoms with Gasteiger partial charge in [0.05, 0.1) is 36.3 Å². The molecule has 3 aromatic rings. The van der Waals surface area contributed by atoms with Gasteiger partial charge in [-0.25, -0.2) is 0 Å². The molecule has 10 nitrogen and oxygen atoms in total. The van der Waals surface area contributed by atoms with Crippen LogP contribution >= 0.6 is 11.6 Å². The number of nitro benzene ring substituents is 1. The third-order valence-corrected chi connectivity index (χ3v) is 7.05. The Balaban J connectivity index is 1.64. The molecule has 2 aliphatic heterocycles. The maximum atomic E-state index is 13.7. The van der Waals surface area contributed by atoms with Crippen molar-refractivity contribution in [1.82, 2.24) is 4.90 Å². The number of imide groups is 1. The zero-order chi connectivity index (χ0) is 26.6. The minimum absolute atomic E-state index is 0.00316. The molecule has 0 spiro atoms. The largest absolute Gasteiger partial charge is 0.497 e. The van der Waals surface area contributed by atoms with E-state index < -0.39 is 34.7 Å². The molecule has 37 heavy (non-hydrogen) atoms. The van der Waals surface area contributed by atoms with Crippen molar-refractivity contribution in [3.63, 3.8) is 0 Å². The van der Waals surface area contributed by atoms with Crippen LogP contribution in [0.2, 0.25) is 5.02 Å².